The number of carbonyl (C=O) groups is 1. The van der Waals surface area contributed by atoms with E-state index in [9.17, 15) is 13.2 Å². The summed E-state index contributed by atoms with van der Waals surface area (Å²) in [6, 6.07) is 14.5. The first-order valence-corrected chi connectivity index (χ1v) is 10.7. The second kappa shape index (κ2) is 8.40. The highest BCUT2D eigenvalue weighted by molar-refractivity contribution is 7.99. The summed E-state index contributed by atoms with van der Waals surface area (Å²) in [7, 11) is -3.57. The van der Waals surface area contributed by atoms with Crippen LogP contribution in [0.1, 0.15) is 12.5 Å². The fourth-order valence-electron chi connectivity index (χ4n) is 2.28. The van der Waals surface area contributed by atoms with Crippen LogP contribution in [0.25, 0.3) is 0 Å². The SMILES string of the molecule is CCSc1ccccc1NC(=O)CN(c1ccc(C)cc1)S(C)(=O)=O. The van der Waals surface area contributed by atoms with Crippen LogP contribution < -0.4 is 9.62 Å². The average molecular weight is 379 g/mol. The minimum Gasteiger partial charge on any atom is -0.323 e. The molecule has 0 aliphatic carbocycles. The van der Waals surface area contributed by atoms with Gasteiger partial charge in [-0.25, -0.2) is 8.42 Å². The van der Waals surface area contributed by atoms with Crippen LogP contribution >= 0.6 is 11.8 Å². The van der Waals surface area contributed by atoms with Crippen LogP contribution in [0.3, 0.4) is 0 Å². The van der Waals surface area contributed by atoms with E-state index in [-0.39, 0.29) is 12.5 Å². The van der Waals surface area contributed by atoms with Crippen molar-refractivity contribution in [1.29, 1.82) is 0 Å². The predicted molar refractivity (Wildman–Crippen MR) is 105 cm³/mol. The van der Waals surface area contributed by atoms with Crippen molar-refractivity contribution in [3.63, 3.8) is 0 Å². The monoisotopic (exact) mass is 378 g/mol. The van der Waals surface area contributed by atoms with Gasteiger partial charge >= 0.3 is 0 Å². The molecular formula is C18H22N2O3S2. The lowest BCUT2D eigenvalue weighted by molar-refractivity contribution is -0.114. The summed E-state index contributed by atoms with van der Waals surface area (Å²) >= 11 is 1.62. The molecule has 0 heterocycles. The number of aryl methyl sites for hydroxylation is 1. The zero-order chi connectivity index (χ0) is 18.4. The largest absolute Gasteiger partial charge is 0.323 e. The number of rotatable bonds is 7. The van der Waals surface area contributed by atoms with Crippen molar-refractivity contribution in [3.8, 4) is 0 Å². The minimum absolute atomic E-state index is 0.271. The topological polar surface area (TPSA) is 66.5 Å². The maximum absolute atomic E-state index is 12.4. The lowest BCUT2D eigenvalue weighted by atomic mass is 10.2. The van der Waals surface area contributed by atoms with E-state index in [0.717, 1.165) is 26.8 Å². The van der Waals surface area contributed by atoms with Crippen molar-refractivity contribution in [2.45, 2.75) is 18.7 Å². The van der Waals surface area contributed by atoms with Crippen molar-refractivity contribution in [2.24, 2.45) is 0 Å². The van der Waals surface area contributed by atoms with Crippen molar-refractivity contribution in [1.82, 2.24) is 0 Å². The summed E-state index contributed by atoms with van der Waals surface area (Å²) in [5.74, 6) is 0.501. The normalized spacial score (nSPS) is 11.2. The Morgan fingerprint density at radius 1 is 1.12 bits per heavy atom. The number of anilines is 2. The van der Waals surface area contributed by atoms with Crippen molar-refractivity contribution < 1.29 is 13.2 Å². The number of carbonyl (C=O) groups excluding carboxylic acids is 1. The summed E-state index contributed by atoms with van der Waals surface area (Å²) in [5.41, 5.74) is 2.18. The molecule has 0 unspecified atom stereocenters. The maximum Gasteiger partial charge on any atom is 0.245 e. The molecule has 0 saturated carbocycles. The maximum atomic E-state index is 12.4. The third-order valence-electron chi connectivity index (χ3n) is 3.47. The van der Waals surface area contributed by atoms with Gasteiger partial charge in [0.2, 0.25) is 15.9 Å². The number of amides is 1. The smallest absolute Gasteiger partial charge is 0.245 e. The van der Waals surface area contributed by atoms with Gasteiger partial charge < -0.3 is 5.32 Å². The average Bonchev–Trinajstić information content (AvgIpc) is 2.55. The summed E-state index contributed by atoms with van der Waals surface area (Å²) < 4.78 is 25.3. The molecule has 2 rings (SSSR count). The van der Waals surface area contributed by atoms with Gasteiger partial charge in [0.15, 0.2) is 0 Å². The van der Waals surface area contributed by atoms with Gasteiger partial charge in [0.1, 0.15) is 6.54 Å². The Kier molecular flexibility index (Phi) is 6.50. The highest BCUT2D eigenvalue weighted by atomic mass is 32.2. The predicted octanol–water partition coefficient (Wildman–Crippen LogP) is 3.51. The molecule has 134 valence electrons. The van der Waals surface area contributed by atoms with E-state index in [0.29, 0.717) is 11.4 Å². The first-order valence-electron chi connectivity index (χ1n) is 7.87. The molecule has 0 saturated heterocycles. The van der Waals surface area contributed by atoms with E-state index >= 15 is 0 Å². The Balaban J connectivity index is 2.19. The van der Waals surface area contributed by atoms with Crippen LogP contribution in [0.15, 0.2) is 53.4 Å². The molecular weight excluding hydrogens is 356 g/mol. The summed E-state index contributed by atoms with van der Waals surface area (Å²) in [6.45, 7) is 3.68. The third-order valence-corrected chi connectivity index (χ3v) is 5.57. The second-order valence-corrected chi connectivity index (χ2v) is 8.80. The number of sulfonamides is 1. The Hall–Kier alpha value is -1.99. The fourth-order valence-corrected chi connectivity index (χ4v) is 3.90. The standard InChI is InChI=1S/C18H22N2O3S2/c1-4-24-17-8-6-5-7-16(17)19-18(21)13-20(25(3,22)23)15-11-9-14(2)10-12-15/h5-12H,4,13H2,1-3H3,(H,19,21). The molecule has 5 nitrogen and oxygen atoms in total. The first-order chi connectivity index (χ1) is 11.8. The fraction of sp³-hybridized carbons (Fsp3) is 0.278. The molecule has 7 heteroatoms. The summed E-state index contributed by atoms with van der Waals surface area (Å²) in [6.07, 6.45) is 1.10. The molecule has 2 aromatic carbocycles. The molecule has 1 N–H and O–H groups in total. The number of thioether (sulfide) groups is 1. The number of benzene rings is 2. The van der Waals surface area contributed by atoms with Crippen LogP contribution in [0, 0.1) is 6.92 Å². The van der Waals surface area contributed by atoms with Gasteiger partial charge in [-0.3, -0.25) is 9.10 Å². The van der Waals surface area contributed by atoms with Crippen molar-refractivity contribution in [2.75, 3.05) is 28.2 Å². The quantitative estimate of drug-likeness (QED) is 0.749. The van der Waals surface area contributed by atoms with Crippen molar-refractivity contribution in [3.05, 3.63) is 54.1 Å². The minimum atomic E-state index is -3.57. The Morgan fingerprint density at radius 3 is 2.36 bits per heavy atom. The van der Waals surface area contributed by atoms with E-state index in [4.69, 9.17) is 0 Å². The molecule has 1 amide bonds. The molecule has 0 aliphatic heterocycles. The van der Waals surface area contributed by atoms with Crippen LogP contribution in [-0.4, -0.2) is 32.9 Å². The molecule has 0 atom stereocenters. The van der Waals surface area contributed by atoms with Crippen LogP contribution in [0.2, 0.25) is 0 Å². The van der Waals surface area contributed by atoms with Gasteiger partial charge in [0.25, 0.3) is 0 Å². The van der Waals surface area contributed by atoms with Crippen LogP contribution in [0.5, 0.6) is 0 Å². The van der Waals surface area contributed by atoms with Gasteiger partial charge in [0, 0.05) is 4.90 Å². The molecule has 0 spiro atoms. The number of nitrogens with zero attached hydrogens (tertiary/aromatic N) is 1. The zero-order valence-corrected chi connectivity index (χ0v) is 16.2. The van der Waals surface area contributed by atoms with Gasteiger partial charge in [-0.05, 0) is 36.9 Å². The number of hydrogen-bond acceptors (Lipinski definition) is 4. The molecule has 0 fully saturated rings. The van der Waals surface area contributed by atoms with Crippen molar-refractivity contribution >= 4 is 39.1 Å². The Morgan fingerprint density at radius 2 is 1.76 bits per heavy atom. The second-order valence-electron chi connectivity index (χ2n) is 5.58. The van der Waals surface area contributed by atoms with E-state index in [1.54, 1.807) is 23.9 Å². The summed E-state index contributed by atoms with van der Waals surface area (Å²) in [5, 5.41) is 2.81. The van der Waals surface area contributed by atoms with E-state index in [1.165, 1.54) is 0 Å². The molecule has 0 bridgehead atoms. The highest BCUT2D eigenvalue weighted by Crippen LogP contribution is 2.27. The molecule has 0 aromatic heterocycles. The lowest BCUT2D eigenvalue weighted by Gasteiger charge is -2.22. The van der Waals surface area contributed by atoms with Gasteiger partial charge in [-0.2, -0.15) is 0 Å². The van der Waals surface area contributed by atoms with E-state index < -0.39 is 10.0 Å². The Labute approximate surface area is 153 Å². The number of para-hydroxylation sites is 1. The first kappa shape index (κ1) is 19.3. The highest BCUT2D eigenvalue weighted by Gasteiger charge is 2.21. The zero-order valence-electron chi connectivity index (χ0n) is 14.5. The van der Waals surface area contributed by atoms with Gasteiger partial charge in [-0.1, -0.05) is 36.8 Å². The van der Waals surface area contributed by atoms with Crippen LogP contribution in [0.4, 0.5) is 11.4 Å². The lowest BCUT2D eigenvalue weighted by Crippen LogP contribution is -2.37. The van der Waals surface area contributed by atoms with E-state index in [2.05, 4.69) is 5.32 Å². The number of hydrogen-bond donors (Lipinski definition) is 1. The van der Waals surface area contributed by atoms with Gasteiger partial charge in [-0.15, -0.1) is 11.8 Å². The number of nitrogens with one attached hydrogen (secondary N) is 1. The molecule has 2 aromatic rings. The summed E-state index contributed by atoms with van der Waals surface area (Å²) in [4.78, 5) is 13.4. The van der Waals surface area contributed by atoms with E-state index in [1.807, 2.05) is 50.2 Å². The van der Waals surface area contributed by atoms with Crippen LogP contribution in [-0.2, 0) is 14.8 Å². The molecule has 0 aliphatic rings. The molecule has 0 radical (unpaired) electrons. The third kappa shape index (κ3) is 5.51. The van der Waals surface area contributed by atoms with Gasteiger partial charge in [0.05, 0.1) is 17.6 Å². The molecule has 25 heavy (non-hydrogen) atoms. The Bertz CT molecular complexity index is 834.